The van der Waals surface area contributed by atoms with Gasteiger partial charge in [-0.3, -0.25) is 4.79 Å². The summed E-state index contributed by atoms with van der Waals surface area (Å²) >= 11 is 0. The van der Waals surface area contributed by atoms with Crippen molar-refractivity contribution in [3.05, 3.63) is 53.7 Å². The van der Waals surface area contributed by atoms with E-state index in [1.807, 2.05) is 31.2 Å². The molecule has 5 heteroatoms. The van der Waals surface area contributed by atoms with Crippen LogP contribution in [0.1, 0.15) is 11.3 Å². The molecular weight excluding hydrogens is 254 g/mol. The minimum absolute atomic E-state index is 0.0579. The number of ether oxygens (including phenoxy) is 1. The number of nitrogens with zero attached hydrogens (tertiary/aromatic N) is 1. The van der Waals surface area contributed by atoms with Gasteiger partial charge in [0, 0.05) is 12.2 Å². The molecule has 0 atom stereocenters. The van der Waals surface area contributed by atoms with Gasteiger partial charge in [0.25, 0.3) is 5.91 Å². The van der Waals surface area contributed by atoms with Gasteiger partial charge in [-0.1, -0.05) is 18.2 Å². The largest absolute Gasteiger partial charge is 0.484 e. The molecule has 0 fully saturated rings. The van der Waals surface area contributed by atoms with Crippen LogP contribution in [0.5, 0.6) is 5.75 Å². The van der Waals surface area contributed by atoms with Crippen molar-refractivity contribution in [1.29, 1.82) is 0 Å². The van der Waals surface area contributed by atoms with Gasteiger partial charge in [0.15, 0.2) is 6.61 Å². The molecule has 2 aromatic rings. The maximum atomic E-state index is 11.7. The third-order valence-corrected chi connectivity index (χ3v) is 2.68. The predicted octanol–water partition coefficient (Wildman–Crippen LogP) is 1.87. The lowest BCUT2D eigenvalue weighted by Gasteiger charge is -2.07. The molecule has 0 aliphatic carbocycles. The van der Waals surface area contributed by atoms with Gasteiger partial charge in [0.1, 0.15) is 11.6 Å². The van der Waals surface area contributed by atoms with Gasteiger partial charge < -0.3 is 15.8 Å². The first kappa shape index (κ1) is 14.0. The average Bonchev–Trinajstić information content (AvgIpc) is 2.46. The van der Waals surface area contributed by atoms with Gasteiger partial charge in [-0.25, -0.2) is 4.98 Å². The minimum Gasteiger partial charge on any atom is -0.484 e. The van der Waals surface area contributed by atoms with E-state index in [4.69, 9.17) is 10.5 Å². The van der Waals surface area contributed by atoms with Gasteiger partial charge in [0.05, 0.1) is 0 Å². The van der Waals surface area contributed by atoms with E-state index in [0.29, 0.717) is 18.1 Å². The first-order valence-corrected chi connectivity index (χ1v) is 6.32. The first-order valence-electron chi connectivity index (χ1n) is 6.32. The number of rotatable bonds is 5. The molecule has 20 heavy (non-hydrogen) atoms. The molecule has 2 rings (SSSR count). The molecule has 0 spiro atoms. The van der Waals surface area contributed by atoms with E-state index >= 15 is 0 Å². The Kier molecular flexibility index (Phi) is 4.68. The van der Waals surface area contributed by atoms with Crippen molar-refractivity contribution in [3.63, 3.8) is 0 Å². The molecule has 3 N–H and O–H groups in total. The Bertz CT molecular complexity index is 582. The van der Waals surface area contributed by atoms with E-state index in [-0.39, 0.29) is 12.5 Å². The number of hydrogen-bond acceptors (Lipinski definition) is 4. The van der Waals surface area contributed by atoms with Crippen LogP contribution in [0.25, 0.3) is 0 Å². The van der Waals surface area contributed by atoms with Crippen LogP contribution in [0.2, 0.25) is 0 Å². The van der Waals surface area contributed by atoms with Crippen LogP contribution in [0.4, 0.5) is 5.82 Å². The van der Waals surface area contributed by atoms with Crippen LogP contribution in [0.3, 0.4) is 0 Å². The molecule has 1 amide bonds. The van der Waals surface area contributed by atoms with Gasteiger partial charge in [-0.05, 0) is 36.8 Å². The number of carbonyl (C=O) groups is 1. The van der Waals surface area contributed by atoms with E-state index in [1.54, 1.807) is 18.2 Å². The second kappa shape index (κ2) is 6.68. The smallest absolute Gasteiger partial charge is 0.263 e. The van der Waals surface area contributed by atoms with Crippen LogP contribution in [-0.4, -0.2) is 17.5 Å². The molecule has 0 saturated carbocycles. The van der Waals surface area contributed by atoms with Crippen molar-refractivity contribution in [2.75, 3.05) is 11.9 Å². The van der Waals surface area contributed by atoms with E-state index in [1.165, 1.54) is 0 Å². The summed E-state index contributed by atoms with van der Waals surface area (Å²) < 4.78 is 5.39. The zero-order valence-corrected chi connectivity index (χ0v) is 11.3. The van der Waals surface area contributed by atoms with Crippen molar-refractivity contribution >= 4 is 11.7 Å². The van der Waals surface area contributed by atoms with Crippen LogP contribution >= 0.6 is 0 Å². The number of hydrogen-bond donors (Lipinski definition) is 2. The minimum atomic E-state index is -0.244. The number of pyridine rings is 1. The Labute approximate surface area is 117 Å². The van der Waals surface area contributed by atoms with E-state index in [0.717, 1.165) is 11.3 Å². The fourth-order valence-corrected chi connectivity index (χ4v) is 1.66. The van der Waals surface area contributed by atoms with Crippen LogP contribution in [0, 0.1) is 6.92 Å². The number of aromatic nitrogens is 1. The summed E-state index contributed by atoms with van der Waals surface area (Å²) in [4.78, 5) is 15.9. The highest BCUT2D eigenvalue weighted by Gasteiger charge is 2.04. The highest BCUT2D eigenvalue weighted by molar-refractivity contribution is 5.90. The Morgan fingerprint density at radius 3 is 2.65 bits per heavy atom. The highest BCUT2D eigenvalue weighted by Crippen LogP contribution is 2.12. The summed E-state index contributed by atoms with van der Waals surface area (Å²) in [6.45, 7) is 2.29. The average molecular weight is 271 g/mol. The lowest BCUT2D eigenvalue weighted by Crippen LogP contribution is -2.20. The van der Waals surface area contributed by atoms with E-state index < -0.39 is 0 Å². The van der Waals surface area contributed by atoms with Crippen molar-refractivity contribution in [1.82, 2.24) is 4.98 Å². The zero-order valence-electron chi connectivity index (χ0n) is 11.3. The highest BCUT2D eigenvalue weighted by atomic mass is 16.5. The van der Waals surface area contributed by atoms with Crippen molar-refractivity contribution in [3.8, 4) is 5.75 Å². The second-order valence-corrected chi connectivity index (χ2v) is 4.35. The predicted molar refractivity (Wildman–Crippen MR) is 77.4 cm³/mol. The SMILES string of the molecule is Cc1cccc(NC(=O)COc2ccc(CN)cc2)n1. The number of benzene rings is 1. The number of nitrogens with one attached hydrogen (secondary N) is 1. The third kappa shape index (κ3) is 4.07. The lowest BCUT2D eigenvalue weighted by atomic mass is 10.2. The van der Waals surface area contributed by atoms with Gasteiger partial charge in [-0.2, -0.15) is 0 Å². The number of aryl methyl sites for hydroxylation is 1. The molecule has 0 aliphatic rings. The van der Waals surface area contributed by atoms with Crippen LogP contribution in [-0.2, 0) is 11.3 Å². The Morgan fingerprint density at radius 1 is 1.25 bits per heavy atom. The third-order valence-electron chi connectivity index (χ3n) is 2.68. The van der Waals surface area contributed by atoms with Crippen molar-refractivity contribution in [2.45, 2.75) is 13.5 Å². The normalized spacial score (nSPS) is 10.1. The van der Waals surface area contributed by atoms with Crippen LogP contribution in [0.15, 0.2) is 42.5 Å². The van der Waals surface area contributed by atoms with E-state index in [9.17, 15) is 4.79 Å². The summed E-state index contributed by atoms with van der Waals surface area (Å²) in [5.41, 5.74) is 7.38. The Morgan fingerprint density at radius 2 is 2.00 bits per heavy atom. The summed E-state index contributed by atoms with van der Waals surface area (Å²) in [5, 5.41) is 2.68. The number of amides is 1. The number of nitrogens with two attached hydrogens (primary N) is 1. The molecule has 104 valence electrons. The first-order chi connectivity index (χ1) is 9.67. The summed E-state index contributed by atoms with van der Waals surface area (Å²) in [5.74, 6) is 0.914. The summed E-state index contributed by atoms with van der Waals surface area (Å²) in [6, 6.07) is 12.8. The van der Waals surface area contributed by atoms with Gasteiger partial charge in [0.2, 0.25) is 0 Å². The van der Waals surface area contributed by atoms with Gasteiger partial charge in [-0.15, -0.1) is 0 Å². The van der Waals surface area contributed by atoms with Crippen molar-refractivity contribution in [2.24, 2.45) is 5.73 Å². The molecule has 5 nitrogen and oxygen atoms in total. The topological polar surface area (TPSA) is 77.2 Å². The molecule has 0 bridgehead atoms. The maximum absolute atomic E-state index is 11.7. The Hall–Kier alpha value is -2.40. The summed E-state index contributed by atoms with van der Waals surface area (Å²) in [7, 11) is 0. The lowest BCUT2D eigenvalue weighted by molar-refractivity contribution is -0.118. The molecule has 0 aliphatic heterocycles. The quantitative estimate of drug-likeness (QED) is 0.870. The fourth-order valence-electron chi connectivity index (χ4n) is 1.66. The molecule has 0 radical (unpaired) electrons. The zero-order chi connectivity index (χ0) is 14.4. The molecule has 1 aromatic heterocycles. The molecule has 0 unspecified atom stereocenters. The Balaban J connectivity index is 1.85. The molecule has 0 saturated heterocycles. The van der Waals surface area contributed by atoms with Gasteiger partial charge >= 0.3 is 0 Å². The number of carbonyl (C=O) groups excluding carboxylic acids is 1. The molecule has 1 heterocycles. The molecule has 1 aromatic carbocycles. The maximum Gasteiger partial charge on any atom is 0.263 e. The van der Waals surface area contributed by atoms with Crippen LogP contribution < -0.4 is 15.8 Å². The standard InChI is InChI=1S/C15H17N3O2/c1-11-3-2-4-14(17-11)18-15(19)10-20-13-7-5-12(9-16)6-8-13/h2-8H,9-10,16H2,1H3,(H,17,18,19). The fraction of sp³-hybridized carbons (Fsp3) is 0.200. The second-order valence-electron chi connectivity index (χ2n) is 4.35. The number of anilines is 1. The molecular formula is C15H17N3O2. The van der Waals surface area contributed by atoms with E-state index in [2.05, 4.69) is 10.3 Å². The monoisotopic (exact) mass is 271 g/mol. The van der Waals surface area contributed by atoms with Crippen molar-refractivity contribution < 1.29 is 9.53 Å². The summed E-state index contributed by atoms with van der Waals surface area (Å²) in [6.07, 6.45) is 0.